The number of hydrogen-bond donors (Lipinski definition) is 2. The Hall–Kier alpha value is -3.40. The lowest BCUT2D eigenvalue weighted by Crippen LogP contribution is -2.32. The summed E-state index contributed by atoms with van der Waals surface area (Å²) in [4.78, 5) is 29.6. The van der Waals surface area contributed by atoms with Gasteiger partial charge in [-0.05, 0) is 44.5 Å². The molecule has 0 radical (unpaired) electrons. The Kier molecular flexibility index (Phi) is 6.54. The predicted molar refractivity (Wildman–Crippen MR) is 113 cm³/mol. The molecule has 0 aliphatic rings. The first-order chi connectivity index (χ1) is 15.0. The number of hydrogen-bond acceptors (Lipinski definition) is 4. The first-order valence-electron chi connectivity index (χ1n) is 9.49. The minimum absolute atomic E-state index is 0.00317. The molecule has 168 valence electrons. The second-order valence-corrected chi connectivity index (χ2v) is 7.62. The van der Waals surface area contributed by atoms with Crippen molar-refractivity contribution in [2.24, 2.45) is 0 Å². The second kappa shape index (κ2) is 8.99. The minimum atomic E-state index is -4.77. The molecule has 0 unspecified atom stereocenters. The summed E-state index contributed by atoms with van der Waals surface area (Å²) in [5.41, 5.74) is -0.585. The van der Waals surface area contributed by atoms with Crippen molar-refractivity contribution in [3.05, 3.63) is 70.0 Å². The number of benzene rings is 1. The van der Waals surface area contributed by atoms with E-state index in [1.165, 1.54) is 24.4 Å². The zero-order chi connectivity index (χ0) is 23.6. The van der Waals surface area contributed by atoms with E-state index in [-0.39, 0.29) is 33.8 Å². The Morgan fingerprint density at radius 1 is 1.12 bits per heavy atom. The van der Waals surface area contributed by atoms with Crippen LogP contribution in [0.5, 0.6) is 0 Å². The SMILES string of the molecule is Cc1cccc(C(=O)Nc2cc(C(F)(F)F)nn2-c2ncccc2Cl)c1C(=O)NC(C)C. The van der Waals surface area contributed by atoms with Gasteiger partial charge >= 0.3 is 6.18 Å². The van der Waals surface area contributed by atoms with Crippen molar-refractivity contribution in [3.8, 4) is 5.82 Å². The van der Waals surface area contributed by atoms with Crippen LogP contribution < -0.4 is 10.6 Å². The lowest BCUT2D eigenvalue weighted by atomic mass is 10.00. The number of pyridine rings is 1. The van der Waals surface area contributed by atoms with Crippen LogP contribution in [-0.2, 0) is 6.18 Å². The molecule has 7 nitrogen and oxygen atoms in total. The third kappa shape index (κ3) is 4.91. The second-order valence-electron chi connectivity index (χ2n) is 7.21. The van der Waals surface area contributed by atoms with E-state index in [2.05, 4.69) is 20.7 Å². The number of nitrogens with one attached hydrogen (secondary N) is 2. The van der Waals surface area contributed by atoms with Crippen LogP contribution in [0.1, 0.15) is 45.8 Å². The number of aromatic nitrogens is 3. The van der Waals surface area contributed by atoms with Gasteiger partial charge in [-0.25, -0.2) is 4.98 Å². The molecule has 2 N–H and O–H groups in total. The Balaban J connectivity index is 2.06. The van der Waals surface area contributed by atoms with Crippen LogP contribution in [0.3, 0.4) is 0 Å². The van der Waals surface area contributed by atoms with Gasteiger partial charge in [-0.15, -0.1) is 0 Å². The molecule has 32 heavy (non-hydrogen) atoms. The van der Waals surface area contributed by atoms with Gasteiger partial charge in [0.25, 0.3) is 11.8 Å². The Morgan fingerprint density at radius 3 is 2.47 bits per heavy atom. The summed E-state index contributed by atoms with van der Waals surface area (Å²) in [5.74, 6) is -1.66. The van der Waals surface area contributed by atoms with Crippen molar-refractivity contribution in [1.29, 1.82) is 0 Å². The first-order valence-corrected chi connectivity index (χ1v) is 9.86. The fraction of sp³-hybridized carbons (Fsp3) is 0.238. The third-order valence-corrected chi connectivity index (χ3v) is 4.64. The molecule has 3 aromatic rings. The van der Waals surface area contributed by atoms with E-state index in [0.717, 1.165) is 4.68 Å². The molecule has 11 heteroatoms. The molecule has 2 aromatic heterocycles. The summed E-state index contributed by atoms with van der Waals surface area (Å²) in [5, 5.41) is 8.68. The van der Waals surface area contributed by atoms with E-state index in [4.69, 9.17) is 11.6 Å². The highest BCUT2D eigenvalue weighted by Gasteiger charge is 2.36. The molecular weight excluding hydrogens is 447 g/mol. The largest absolute Gasteiger partial charge is 0.435 e. The van der Waals surface area contributed by atoms with Gasteiger partial charge in [-0.1, -0.05) is 23.7 Å². The van der Waals surface area contributed by atoms with Gasteiger partial charge < -0.3 is 10.6 Å². The Labute approximate surface area is 186 Å². The zero-order valence-electron chi connectivity index (χ0n) is 17.3. The highest BCUT2D eigenvalue weighted by Crippen LogP contribution is 2.32. The van der Waals surface area contributed by atoms with Gasteiger partial charge in [0.05, 0.1) is 16.1 Å². The number of anilines is 1. The highest BCUT2D eigenvalue weighted by atomic mass is 35.5. The van der Waals surface area contributed by atoms with Crippen LogP contribution in [0, 0.1) is 6.92 Å². The smallest absolute Gasteiger partial charge is 0.350 e. The molecule has 0 saturated carbocycles. The Bertz CT molecular complexity index is 1170. The van der Waals surface area contributed by atoms with Crippen LogP contribution >= 0.6 is 11.6 Å². The average molecular weight is 466 g/mol. The average Bonchev–Trinajstić information content (AvgIpc) is 3.11. The van der Waals surface area contributed by atoms with Gasteiger partial charge in [0.15, 0.2) is 11.5 Å². The summed E-state index contributed by atoms with van der Waals surface area (Å²) in [6, 6.07) is 8.07. The summed E-state index contributed by atoms with van der Waals surface area (Å²) >= 11 is 6.07. The molecular formula is C21H19ClF3N5O2. The van der Waals surface area contributed by atoms with E-state index in [1.54, 1.807) is 32.9 Å². The normalized spacial score (nSPS) is 11.5. The lowest BCUT2D eigenvalue weighted by Gasteiger charge is -2.15. The van der Waals surface area contributed by atoms with Crippen LogP contribution in [0.2, 0.25) is 5.02 Å². The highest BCUT2D eigenvalue weighted by molar-refractivity contribution is 6.32. The minimum Gasteiger partial charge on any atom is -0.350 e. The topological polar surface area (TPSA) is 88.9 Å². The molecule has 0 saturated heterocycles. The Morgan fingerprint density at radius 2 is 1.84 bits per heavy atom. The predicted octanol–water partition coefficient (Wildman–Crippen LogP) is 4.64. The van der Waals surface area contributed by atoms with Crippen LogP contribution in [-0.4, -0.2) is 32.6 Å². The molecule has 3 rings (SSSR count). The van der Waals surface area contributed by atoms with Crippen molar-refractivity contribution >= 4 is 29.2 Å². The number of nitrogens with zero attached hydrogens (tertiary/aromatic N) is 3. The van der Waals surface area contributed by atoms with Crippen molar-refractivity contribution in [2.45, 2.75) is 33.0 Å². The van der Waals surface area contributed by atoms with E-state index in [0.29, 0.717) is 11.6 Å². The fourth-order valence-electron chi connectivity index (χ4n) is 2.98. The number of halogens is 4. The summed E-state index contributed by atoms with van der Waals surface area (Å²) in [6.07, 6.45) is -3.44. The van der Waals surface area contributed by atoms with Gasteiger partial charge in [-0.3, -0.25) is 9.59 Å². The molecule has 1 aromatic carbocycles. The zero-order valence-corrected chi connectivity index (χ0v) is 18.0. The maximum atomic E-state index is 13.3. The quantitative estimate of drug-likeness (QED) is 0.574. The summed E-state index contributed by atoms with van der Waals surface area (Å²) < 4.78 is 40.7. The van der Waals surface area contributed by atoms with Gasteiger partial charge in [0.2, 0.25) is 0 Å². The van der Waals surface area contributed by atoms with E-state index >= 15 is 0 Å². The monoisotopic (exact) mass is 465 g/mol. The summed E-state index contributed by atoms with van der Waals surface area (Å²) in [7, 11) is 0. The molecule has 2 heterocycles. The van der Waals surface area contributed by atoms with E-state index in [9.17, 15) is 22.8 Å². The molecule has 0 fully saturated rings. The van der Waals surface area contributed by atoms with Crippen LogP contribution in [0.4, 0.5) is 19.0 Å². The van der Waals surface area contributed by atoms with Crippen molar-refractivity contribution in [1.82, 2.24) is 20.1 Å². The van der Waals surface area contributed by atoms with Gasteiger partial charge in [-0.2, -0.15) is 23.0 Å². The van der Waals surface area contributed by atoms with Gasteiger partial charge in [0, 0.05) is 18.3 Å². The molecule has 2 amide bonds. The third-order valence-electron chi connectivity index (χ3n) is 4.35. The maximum absolute atomic E-state index is 13.3. The first kappa shape index (κ1) is 23.3. The lowest BCUT2D eigenvalue weighted by molar-refractivity contribution is -0.141. The number of amides is 2. The number of carbonyl (C=O) groups excluding carboxylic acids is 2. The number of carbonyl (C=O) groups is 2. The van der Waals surface area contributed by atoms with Gasteiger partial charge in [0.1, 0.15) is 5.82 Å². The van der Waals surface area contributed by atoms with Crippen molar-refractivity contribution in [2.75, 3.05) is 5.32 Å². The van der Waals surface area contributed by atoms with E-state index in [1.807, 2.05) is 0 Å². The van der Waals surface area contributed by atoms with Crippen molar-refractivity contribution in [3.63, 3.8) is 0 Å². The number of alkyl halides is 3. The standard InChI is InChI=1S/C21H19ClF3N5O2/c1-11(2)27-20(32)17-12(3)6-4-7-13(17)19(31)28-16-10-15(21(23,24)25)29-30(16)18-14(22)8-5-9-26-18/h4-11H,1-3H3,(H,27,32)(H,28,31). The molecule has 0 spiro atoms. The molecule has 0 atom stereocenters. The fourth-order valence-corrected chi connectivity index (χ4v) is 3.18. The van der Waals surface area contributed by atoms with E-state index < -0.39 is 23.7 Å². The number of rotatable bonds is 5. The van der Waals surface area contributed by atoms with Crippen LogP contribution in [0.25, 0.3) is 5.82 Å². The maximum Gasteiger partial charge on any atom is 0.435 e. The molecule has 0 bridgehead atoms. The number of aryl methyl sites for hydroxylation is 1. The molecule has 0 aliphatic carbocycles. The molecule has 0 aliphatic heterocycles. The summed E-state index contributed by atoms with van der Waals surface area (Å²) in [6.45, 7) is 5.19. The van der Waals surface area contributed by atoms with Crippen LogP contribution in [0.15, 0.2) is 42.6 Å². The van der Waals surface area contributed by atoms with Crippen molar-refractivity contribution < 1.29 is 22.8 Å².